The molecule has 0 aliphatic heterocycles. The van der Waals surface area contributed by atoms with Gasteiger partial charge in [-0.25, -0.2) is 0 Å². The third-order valence-electron chi connectivity index (χ3n) is 10.0. The van der Waals surface area contributed by atoms with Crippen LogP contribution in [0.4, 0.5) is 0 Å². The highest BCUT2D eigenvalue weighted by molar-refractivity contribution is 7.57. The van der Waals surface area contributed by atoms with Crippen LogP contribution in [0.25, 0.3) is 44.5 Å². The van der Waals surface area contributed by atoms with Gasteiger partial charge < -0.3 is 0 Å². The minimum atomic E-state index is -0.138. The van der Waals surface area contributed by atoms with Gasteiger partial charge in [0.1, 0.15) is 0 Å². The van der Waals surface area contributed by atoms with E-state index in [2.05, 4.69) is 149 Å². The number of benzene rings is 5. The van der Waals surface area contributed by atoms with Gasteiger partial charge in [0.2, 0.25) is 0 Å². The van der Waals surface area contributed by atoms with Crippen LogP contribution in [0.15, 0.2) is 121 Å². The van der Waals surface area contributed by atoms with Gasteiger partial charge in [-0.2, -0.15) is 0 Å². The minimum absolute atomic E-state index is 0.138. The predicted octanol–water partition coefficient (Wildman–Crippen LogP) is 15.5. The molecule has 262 valence electrons. The number of hydrogen-bond donors (Lipinski definition) is 0. The van der Waals surface area contributed by atoms with Crippen molar-refractivity contribution in [2.75, 3.05) is 24.6 Å². The van der Waals surface area contributed by atoms with Crippen LogP contribution in [-0.4, -0.2) is 24.6 Å². The van der Waals surface area contributed by atoms with Crippen molar-refractivity contribution in [1.82, 2.24) is 0 Å². The van der Waals surface area contributed by atoms with Crippen LogP contribution >= 0.6 is 15.8 Å². The molecule has 0 atom stereocenters. The zero-order chi connectivity index (χ0) is 35.0. The van der Waals surface area contributed by atoms with Crippen molar-refractivity contribution >= 4 is 15.8 Å². The maximum absolute atomic E-state index is 2.39. The molecule has 0 fully saturated rings. The molecule has 0 heterocycles. The highest BCUT2D eigenvalue weighted by Crippen LogP contribution is 2.56. The van der Waals surface area contributed by atoms with E-state index in [1.807, 2.05) is 0 Å². The van der Waals surface area contributed by atoms with Gasteiger partial charge in [0, 0.05) is 0 Å². The molecule has 0 radical (unpaired) electrons. The molecule has 0 aliphatic rings. The van der Waals surface area contributed by atoms with E-state index in [9.17, 15) is 0 Å². The fourth-order valence-electron chi connectivity index (χ4n) is 7.35. The molecule has 5 rings (SSSR count). The lowest BCUT2D eigenvalue weighted by atomic mass is 9.78. The molecular weight excluding hydrogens is 638 g/mol. The zero-order valence-electron chi connectivity index (χ0n) is 31.3. The van der Waals surface area contributed by atoms with Gasteiger partial charge in [-0.15, -0.1) is 15.8 Å². The van der Waals surface area contributed by atoms with Crippen LogP contribution in [0.3, 0.4) is 0 Å². The molecule has 5 aromatic carbocycles. The third kappa shape index (κ3) is 10.1. The van der Waals surface area contributed by atoms with E-state index in [4.69, 9.17) is 0 Å². The standard InChI is InChI=1S/C48H60P2/c1-5-9-33-49(34-10-6-2)37-43-44(38-50(35-11-7-3)36-12-8-4)46(40-27-19-14-20-28-40)48(42-31-23-16-24-32-42)47(41-29-21-15-22-30-41)45(43)39-25-17-13-18-26-39/h13-32H,5-12,33-38H2,1-4H3. The van der Waals surface area contributed by atoms with Gasteiger partial charge in [-0.05, 0) is 118 Å². The second-order valence-electron chi connectivity index (χ2n) is 13.9. The fraction of sp³-hybridized carbons (Fsp3) is 0.375. The summed E-state index contributed by atoms with van der Waals surface area (Å²) in [5.74, 6) is 0. The Kier molecular flexibility index (Phi) is 15.8. The Morgan fingerprint density at radius 3 is 0.800 bits per heavy atom. The van der Waals surface area contributed by atoms with Crippen LogP contribution < -0.4 is 0 Å². The molecule has 2 heteroatoms. The van der Waals surface area contributed by atoms with Crippen molar-refractivity contribution in [2.45, 2.75) is 91.4 Å². The van der Waals surface area contributed by atoms with Gasteiger partial charge in [-0.3, -0.25) is 0 Å². The second kappa shape index (κ2) is 20.7. The molecule has 0 aromatic heterocycles. The number of hydrogen-bond acceptors (Lipinski definition) is 0. The Hall–Kier alpha value is -3.04. The van der Waals surface area contributed by atoms with E-state index in [1.54, 1.807) is 11.1 Å². The Bertz CT molecular complexity index is 1540. The van der Waals surface area contributed by atoms with Crippen LogP contribution in [0.2, 0.25) is 0 Å². The molecule has 5 aromatic rings. The molecule has 0 spiro atoms. The van der Waals surface area contributed by atoms with Crippen LogP contribution in [0.1, 0.15) is 90.2 Å². The summed E-state index contributed by atoms with van der Waals surface area (Å²) < 4.78 is 0. The molecule has 0 saturated carbocycles. The maximum Gasteiger partial charge on any atom is -0.00175 e. The summed E-state index contributed by atoms with van der Waals surface area (Å²) in [4.78, 5) is 0. The van der Waals surface area contributed by atoms with Crippen molar-refractivity contribution in [2.24, 2.45) is 0 Å². The van der Waals surface area contributed by atoms with Gasteiger partial charge in [0.25, 0.3) is 0 Å². The monoisotopic (exact) mass is 698 g/mol. The van der Waals surface area contributed by atoms with Gasteiger partial charge in [-0.1, -0.05) is 175 Å². The Morgan fingerprint density at radius 2 is 0.560 bits per heavy atom. The number of rotatable bonds is 20. The first-order chi connectivity index (χ1) is 24.7. The summed E-state index contributed by atoms with van der Waals surface area (Å²) in [6.45, 7) is 9.49. The molecule has 0 bridgehead atoms. The second-order valence-corrected chi connectivity index (χ2v) is 19.0. The summed E-state index contributed by atoms with van der Waals surface area (Å²) in [6.07, 6.45) is 18.4. The van der Waals surface area contributed by atoms with Crippen LogP contribution in [-0.2, 0) is 12.3 Å². The summed E-state index contributed by atoms with van der Waals surface area (Å²) in [7, 11) is -0.275. The van der Waals surface area contributed by atoms with Crippen molar-refractivity contribution in [3.63, 3.8) is 0 Å². The highest BCUT2D eigenvalue weighted by atomic mass is 31.1. The van der Waals surface area contributed by atoms with Gasteiger partial charge in [0.15, 0.2) is 0 Å². The quantitative estimate of drug-likeness (QED) is 0.0710. The zero-order valence-corrected chi connectivity index (χ0v) is 33.1. The van der Waals surface area contributed by atoms with E-state index < -0.39 is 0 Å². The Morgan fingerprint density at radius 1 is 0.320 bits per heavy atom. The van der Waals surface area contributed by atoms with Crippen molar-refractivity contribution < 1.29 is 0 Å². The smallest absolute Gasteiger partial charge is 0.00175 e. The van der Waals surface area contributed by atoms with E-state index in [0.29, 0.717) is 0 Å². The number of unbranched alkanes of at least 4 members (excludes halogenated alkanes) is 4. The largest absolute Gasteiger partial charge is 0.102 e. The van der Waals surface area contributed by atoms with Crippen molar-refractivity contribution in [3.05, 3.63) is 132 Å². The lowest BCUT2D eigenvalue weighted by Gasteiger charge is -2.32. The van der Waals surface area contributed by atoms with E-state index in [1.165, 1.54) is 133 Å². The lowest BCUT2D eigenvalue weighted by molar-refractivity contribution is 0.863. The first-order valence-electron chi connectivity index (χ1n) is 19.6. The normalized spacial score (nSPS) is 11.5. The highest BCUT2D eigenvalue weighted by Gasteiger charge is 2.29. The van der Waals surface area contributed by atoms with E-state index in [-0.39, 0.29) is 15.8 Å². The third-order valence-corrected chi connectivity index (χ3v) is 15.4. The van der Waals surface area contributed by atoms with Crippen molar-refractivity contribution in [1.29, 1.82) is 0 Å². The average molecular weight is 699 g/mol. The fourth-order valence-corrected chi connectivity index (χ4v) is 13.1. The summed E-state index contributed by atoms with van der Waals surface area (Å²) >= 11 is 0. The minimum Gasteiger partial charge on any atom is -0.102 e. The molecule has 50 heavy (non-hydrogen) atoms. The molecule has 0 aliphatic carbocycles. The molecule has 0 amide bonds. The molecule has 0 nitrogen and oxygen atoms in total. The SMILES string of the molecule is CCCCP(CCCC)Cc1c(CP(CCCC)CCCC)c(-c2ccccc2)c(-c2ccccc2)c(-c2ccccc2)c1-c1ccccc1. The summed E-state index contributed by atoms with van der Waals surface area (Å²) in [5, 5.41) is 0. The summed E-state index contributed by atoms with van der Waals surface area (Å²) in [6, 6.07) is 45.7. The summed E-state index contributed by atoms with van der Waals surface area (Å²) in [5.41, 5.74) is 14.5. The van der Waals surface area contributed by atoms with E-state index >= 15 is 0 Å². The van der Waals surface area contributed by atoms with Crippen LogP contribution in [0, 0.1) is 0 Å². The molecule has 0 unspecified atom stereocenters. The first-order valence-corrected chi connectivity index (χ1v) is 23.4. The van der Waals surface area contributed by atoms with Gasteiger partial charge in [0.05, 0.1) is 0 Å². The van der Waals surface area contributed by atoms with Crippen molar-refractivity contribution in [3.8, 4) is 44.5 Å². The topological polar surface area (TPSA) is 0 Å². The molecule has 0 saturated heterocycles. The molecule has 0 N–H and O–H groups in total. The predicted molar refractivity (Wildman–Crippen MR) is 229 cm³/mol. The van der Waals surface area contributed by atoms with E-state index in [0.717, 1.165) is 0 Å². The van der Waals surface area contributed by atoms with Crippen LogP contribution in [0.5, 0.6) is 0 Å². The lowest BCUT2D eigenvalue weighted by Crippen LogP contribution is -2.09. The maximum atomic E-state index is 2.39. The molecular formula is C48H60P2. The average Bonchev–Trinajstić information content (AvgIpc) is 3.18. The van der Waals surface area contributed by atoms with Gasteiger partial charge >= 0.3 is 0 Å². The first kappa shape index (κ1) is 38.2. The Labute approximate surface area is 307 Å². The Balaban J connectivity index is 1.97.